The van der Waals surface area contributed by atoms with E-state index >= 15 is 0 Å². The number of nitrogens with one attached hydrogen (secondary N) is 2. The molecule has 6 nitrogen and oxygen atoms in total. The minimum Gasteiger partial charge on any atom is -0.325 e. The van der Waals surface area contributed by atoms with E-state index in [1.807, 2.05) is 12.1 Å². The molecule has 0 saturated heterocycles. The fourth-order valence-electron chi connectivity index (χ4n) is 2.18. The SMILES string of the molecule is C[C@@H](Sc1ccc(Cl)cc1)C(=O)Nc1ccc(S(=O)(=O)Nc2nccs2)cc1. The van der Waals surface area contributed by atoms with Gasteiger partial charge in [0.25, 0.3) is 10.0 Å². The summed E-state index contributed by atoms with van der Waals surface area (Å²) in [6.07, 6.45) is 1.52. The fourth-order valence-corrected chi connectivity index (χ4v) is 4.96. The number of sulfonamides is 1. The van der Waals surface area contributed by atoms with Crippen LogP contribution >= 0.6 is 34.7 Å². The average Bonchev–Trinajstić information content (AvgIpc) is 3.16. The molecule has 28 heavy (non-hydrogen) atoms. The zero-order valence-electron chi connectivity index (χ0n) is 14.6. The number of thiazole rings is 1. The molecule has 10 heteroatoms. The van der Waals surface area contributed by atoms with Crippen molar-refractivity contribution in [3.8, 4) is 0 Å². The van der Waals surface area contributed by atoms with Crippen molar-refractivity contribution in [2.75, 3.05) is 10.0 Å². The van der Waals surface area contributed by atoms with Gasteiger partial charge in [-0.3, -0.25) is 9.52 Å². The van der Waals surface area contributed by atoms with Crippen LogP contribution in [0, 0.1) is 0 Å². The summed E-state index contributed by atoms with van der Waals surface area (Å²) in [7, 11) is -3.72. The molecular formula is C18H16ClN3O3S3. The van der Waals surface area contributed by atoms with Gasteiger partial charge in [0.05, 0.1) is 10.1 Å². The number of aromatic nitrogens is 1. The van der Waals surface area contributed by atoms with Gasteiger partial charge < -0.3 is 5.32 Å². The van der Waals surface area contributed by atoms with Crippen LogP contribution in [-0.2, 0) is 14.8 Å². The maximum Gasteiger partial charge on any atom is 0.263 e. The number of hydrogen-bond donors (Lipinski definition) is 2. The molecule has 0 bridgehead atoms. The van der Waals surface area contributed by atoms with E-state index in [1.165, 1.54) is 41.4 Å². The molecular weight excluding hydrogens is 438 g/mol. The Balaban J connectivity index is 1.61. The second kappa shape index (κ2) is 8.95. The topological polar surface area (TPSA) is 88.2 Å². The van der Waals surface area contributed by atoms with E-state index in [0.29, 0.717) is 15.8 Å². The van der Waals surface area contributed by atoms with Crippen LogP contribution in [0.2, 0.25) is 5.02 Å². The molecule has 2 N–H and O–H groups in total. The minimum atomic E-state index is -3.72. The highest BCUT2D eigenvalue weighted by atomic mass is 35.5. The number of halogens is 1. The Morgan fingerprint density at radius 3 is 2.43 bits per heavy atom. The molecule has 1 atom stereocenters. The number of anilines is 2. The van der Waals surface area contributed by atoms with Crippen LogP contribution in [0.1, 0.15) is 6.92 Å². The summed E-state index contributed by atoms with van der Waals surface area (Å²) in [6.45, 7) is 1.80. The molecule has 0 radical (unpaired) electrons. The molecule has 0 aliphatic heterocycles. The van der Waals surface area contributed by atoms with Gasteiger partial charge in [-0.05, 0) is 55.5 Å². The third kappa shape index (κ3) is 5.48. The average molecular weight is 454 g/mol. The van der Waals surface area contributed by atoms with Crippen LogP contribution in [0.25, 0.3) is 0 Å². The quantitative estimate of drug-likeness (QED) is 0.505. The monoisotopic (exact) mass is 453 g/mol. The third-order valence-corrected chi connectivity index (χ3v) is 7.12. The molecule has 146 valence electrons. The van der Waals surface area contributed by atoms with E-state index in [9.17, 15) is 13.2 Å². The number of rotatable bonds is 7. The number of nitrogens with zero attached hydrogens (tertiary/aromatic N) is 1. The zero-order chi connectivity index (χ0) is 20.1. The summed E-state index contributed by atoms with van der Waals surface area (Å²) in [5, 5.41) is 5.07. The lowest BCUT2D eigenvalue weighted by Gasteiger charge is -2.12. The second-order valence-electron chi connectivity index (χ2n) is 5.67. The first-order valence-electron chi connectivity index (χ1n) is 8.09. The summed E-state index contributed by atoms with van der Waals surface area (Å²) in [4.78, 5) is 17.3. The fraction of sp³-hybridized carbons (Fsp3) is 0.111. The number of amides is 1. The Labute approximate surface area is 176 Å². The molecule has 3 aromatic rings. The van der Waals surface area contributed by atoms with E-state index in [2.05, 4.69) is 15.0 Å². The molecule has 1 heterocycles. The van der Waals surface area contributed by atoms with Crippen LogP contribution in [0.15, 0.2) is 69.9 Å². The maximum absolute atomic E-state index is 12.4. The summed E-state index contributed by atoms with van der Waals surface area (Å²) in [6, 6.07) is 13.2. The highest BCUT2D eigenvalue weighted by Gasteiger charge is 2.17. The van der Waals surface area contributed by atoms with Crippen molar-refractivity contribution in [3.63, 3.8) is 0 Å². The predicted octanol–water partition coefficient (Wildman–Crippen LogP) is 4.72. The van der Waals surface area contributed by atoms with Crippen molar-refractivity contribution >= 4 is 61.4 Å². The maximum atomic E-state index is 12.4. The molecule has 1 aromatic heterocycles. The number of carbonyl (C=O) groups is 1. The lowest BCUT2D eigenvalue weighted by Crippen LogP contribution is -2.22. The molecule has 0 spiro atoms. The Morgan fingerprint density at radius 1 is 1.14 bits per heavy atom. The van der Waals surface area contributed by atoms with Crippen molar-refractivity contribution in [1.29, 1.82) is 0 Å². The molecule has 3 rings (SSSR count). The van der Waals surface area contributed by atoms with Gasteiger partial charge in [-0.25, -0.2) is 13.4 Å². The van der Waals surface area contributed by atoms with Gasteiger partial charge in [0, 0.05) is 27.2 Å². The van der Waals surface area contributed by atoms with E-state index in [1.54, 1.807) is 36.6 Å². The minimum absolute atomic E-state index is 0.0873. The normalized spacial score (nSPS) is 12.4. The van der Waals surface area contributed by atoms with Gasteiger partial charge in [0.15, 0.2) is 5.13 Å². The first kappa shape index (κ1) is 20.7. The summed E-state index contributed by atoms with van der Waals surface area (Å²) in [5.41, 5.74) is 0.516. The highest BCUT2D eigenvalue weighted by Crippen LogP contribution is 2.26. The molecule has 1 amide bonds. The van der Waals surface area contributed by atoms with Crippen molar-refractivity contribution in [1.82, 2.24) is 4.98 Å². The first-order valence-corrected chi connectivity index (χ1v) is 11.7. The van der Waals surface area contributed by atoms with Gasteiger partial charge in [0.2, 0.25) is 5.91 Å². The molecule has 0 fully saturated rings. The van der Waals surface area contributed by atoms with Crippen LogP contribution in [-0.4, -0.2) is 24.6 Å². The third-order valence-electron chi connectivity index (χ3n) is 3.58. The number of benzene rings is 2. The Bertz CT molecular complexity index is 1040. The van der Waals surface area contributed by atoms with E-state index in [0.717, 1.165) is 4.90 Å². The Morgan fingerprint density at radius 2 is 1.82 bits per heavy atom. The highest BCUT2D eigenvalue weighted by molar-refractivity contribution is 8.00. The molecule has 0 aliphatic carbocycles. The molecule has 2 aromatic carbocycles. The number of carbonyl (C=O) groups excluding carboxylic acids is 1. The van der Waals surface area contributed by atoms with Gasteiger partial charge >= 0.3 is 0 Å². The van der Waals surface area contributed by atoms with Crippen LogP contribution in [0.5, 0.6) is 0 Å². The van der Waals surface area contributed by atoms with Crippen molar-refractivity contribution < 1.29 is 13.2 Å². The first-order chi connectivity index (χ1) is 13.3. The lowest BCUT2D eigenvalue weighted by molar-refractivity contribution is -0.115. The summed E-state index contributed by atoms with van der Waals surface area (Å²) in [5.74, 6) is -0.184. The van der Waals surface area contributed by atoms with Gasteiger partial charge in [-0.15, -0.1) is 23.1 Å². The van der Waals surface area contributed by atoms with Crippen LogP contribution in [0.4, 0.5) is 10.8 Å². The van der Waals surface area contributed by atoms with Crippen LogP contribution < -0.4 is 10.0 Å². The Kier molecular flexibility index (Phi) is 6.61. The predicted molar refractivity (Wildman–Crippen MR) is 115 cm³/mol. The molecule has 0 saturated carbocycles. The molecule has 0 unspecified atom stereocenters. The van der Waals surface area contributed by atoms with Gasteiger partial charge in [0.1, 0.15) is 0 Å². The standard InChI is InChI=1S/C18H16ClN3O3S3/c1-12(27-15-6-2-13(19)3-7-15)17(23)21-14-4-8-16(9-5-14)28(24,25)22-18-20-10-11-26-18/h2-12H,1H3,(H,20,22)(H,21,23)/t12-/m1/s1. The lowest BCUT2D eigenvalue weighted by atomic mass is 10.3. The van der Waals surface area contributed by atoms with Crippen LogP contribution in [0.3, 0.4) is 0 Å². The zero-order valence-corrected chi connectivity index (χ0v) is 17.8. The summed E-state index contributed by atoms with van der Waals surface area (Å²) >= 11 is 8.46. The Hall–Kier alpha value is -2.07. The van der Waals surface area contributed by atoms with E-state index in [-0.39, 0.29) is 16.1 Å². The number of thioether (sulfide) groups is 1. The van der Waals surface area contributed by atoms with Gasteiger partial charge in [-0.2, -0.15) is 0 Å². The number of hydrogen-bond acceptors (Lipinski definition) is 6. The van der Waals surface area contributed by atoms with E-state index in [4.69, 9.17) is 11.6 Å². The molecule has 0 aliphatic rings. The van der Waals surface area contributed by atoms with Crippen molar-refractivity contribution in [2.45, 2.75) is 22.0 Å². The smallest absolute Gasteiger partial charge is 0.263 e. The van der Waals surface area contributed by atoms with Crippen molar-refractivity contribution in [2.24, 2.45) is 0 Å². The van der Waals surface area contributed by atoms with Crippen molar-refractivity contribution in [3.05, 3.63) is 65.1 Å². The van der Waals surface area contributed by atoms with E-state index < -0.39 is 10.0 Å². The largest absolute Gasteiger partial charge is 0.325 e. The summed E-state index contributed by atoms with van der Waals surface area (Å²) < 4.78 is 27.1. The van der Waals surface area contributed by atoms with Gasteiger partial charge in [-0.1, -0.05) is 11.6 Å². The second-order valence-corrected chi connectivity index (χ2v) is 10.1.